The van der Waals surface area contributed by atoms with Crippen LogP contribution in [0.1, 0.15) is 19.3 Å². The quantitative estimate of drug-likeness (QED) is 0.684. The Kier molecular flexibility index (Phi) is 3.91. The molecule has 0 bridgehead atoms. The number of rotatable bonds is 4. The molecule has 0 atom stereocenters. The van der Waals surface area contributed by atoms with Crippen molar-refractivity contribution >= 4 is 33.8 Å². The summed E-state index contributed by atoms with van der Waals surface area (Å²) in [6.45, 7) is 1.57. The van der Waals surface area contributed by atoms with Gasteiger partial charge in [-0.3, -0.25) is 10.1 Å². The Balaban J connectivity index is 1.97. The summed E-state index contributed by atoms with van der Waals surface area (Å²) in [5, 5.41) is 16.7. The lowest BCUT2D eigenvalue weighted by Crippen LogP contribution is -2.31. The highest BCUT2D eigenvalue weighted by Gasteiger charge is 2.28. The minimum Gasteiger partial charge on any atom is -0.351 e. The molecule has 0 amide bonds. The van der Waals surface area contributed by atoms with Gasteiger partial charge in [-0.05, 0) is 19.3 Å². The van der Waals surface area contributed by atoms with E-state index in [1.165, 1.54) is 17.7 Å². The molecule has 110 valence electrons. The van der Waals surface area contributed by atoms with Crippen molar-refractivity contribution in [1.29, 1.82) is 0 Å². The van der Waals surface area contributed by atoms with Crippen LogP contribution in [0, 0.1) is 10.1 Å². The van der Waals surface area contributed by atoms with Crippen LogP contribution < -0.4 is 10.2 Å². The molecule has 0 spiro atoms. The third-order valence-electron chi connectivity index (χ3n) is 3.30. The molecule has 0 saturated carbocycles. The molecule has 1 fully saturated rings. The summed E-state index contributed by atoms with van der Waals surface area (Å²) < 4.78 is 0. The fourth-order valence-corrected chi connectivity index (χ4v) is 2.88. The fourth-order valence-electron chi connectivity index (χ4n) is 2.35. The molecule has 3 rings (SSSR count). The van der Waals surface area contributed by atoms with E-state index in [-0.39, 0.29) is 11.5 Å². The Labute approximate surface area is 125 Å². The van der Waals surface area contributed by atoms with Crippen molar-refractivity contribution in [3.63, 3.8) is 0 Å². The molecule has 8 nitrogen and oxygen atoms in total. The van der Waals surface area contributed by atoms with Crippen LogP contribution >= 0.6 is 11.3 Å². The summed E-state index contributed by atoms with van der Waals surface area (Å²) in [5.74, 6) is 0.569. The summed E-state index contributed by atoms with van der Waals surface area (Å²) in [7, 11) is 0. The van der Waals surface area contributed by atoms with Crippen molar-refractivity contribution in [2.75, 3.05) is 23.3 Å². The Morgan fingerprint density at radius 2 is 2.05 bits per heavy atom. The zero-order valence-corrected chi connectivity index (χ0v) is 12.0. The molecule has 0 radical (unpaired) electrons. The number of nitro groups is 1. The van der Waals surface area contributed by atoms with Crippen LogP contribution in [0.5, 0.6) is 0 Å². The number of nitrogens with one attached hydrogen (secondary N) is 1. The molecule has 1 N–H and O–H groups in total. The highest BCUT2D eigenvalue weighted by molar-refractivity contribution is 7.13. The van der Waals surface area contributed by atoms with E-state index < -0.39 is 4.92 Å². The highest BCUT2D eigenvalue weighted by atomic mass is 32.1. The second-order valence-electron chi connectivity index (χ2n) is 4.66. The van der Waals surface area contributed by atoms with Crippen molar-refractivity contribution in [2.24, 2.45) is 0 Å². The highest BCUT2D eigenvalue weighted by Crippen LogP contribution is 2.34. The molecule has 0 aliphatic carbocycles. The van der Waals surface area contributed by atoms with Crippen molar-refractivity contribution in [3.8, 4) is 0 Å². The third-order valence-corrected chi connectivity index (χ3v) is 3.99. The standard InChI is InChI=1S/C12H14N6O2S/c19-18(20)9-10(16-12-13-4-7-21-12)14-8-15-11(9)17-5-2-1-3-6-17/h4,7-8H,1-3,5-6H2,(H,13,14,15,16). The van der Waals surface area contributed by atoms with Gasteiger partial charge in [0.25, 0.3) is 0 Å². The maximum absolute atomic E-state index is 11.5. The topological polar surface area (TPSA) is 97.1 Å². The predicted molar refractivity (Wildman–Crippen MR) is 80.1 cm³/mol. The van der Waals surface area contributed by atoms with Crippen LogP contribution in [0.15, 0.2) is 17.9 Å². The molecular formula is C12H14N6O2S. The molecule has 1 aliphatic heterocycles. The summed E-state index contributed by atoms with van der Waals surface area (Å²) in [6, 6.07) is 0. The van der Waals surface area contributed by atoms with Crippen molar-refractivity contribution in [1.82, 2.24) is 15.0 Å². The van der Waals surface area contributed by atoms with Gasteiger partial charge in [0.1, 0.15) is 6.33 Å². The lowest BCUT2D eigenvalue weighted by atomic mass is 10.1. The van der Waals surface area contributed by atoms with Crippen molar-refractivity contribution in [3.05, 3.63) is 28.0 Å². The van der Waals surface area contributed by atoms with E-state index in [9.17, 15) is 10.1 Å². The van der Waals surface area contributed by atoms with Crippen LogP contribution in [0.3, 0.4) is 0 Å². The first-order chi connectivity index (χ1) is 10.3. The molecule has 2 aromatic rings. The van der Waals surface area contributed by atoms with E-state index >= 15 is 0 Å². The van der Waals surface area contributed by atoms with E-state index in [4.69, 9.17) is 0 Å². The summed E-state index contributed by atoms with van der Waals surface area (Å²) in [4.78, 5) is 25.2. The number of piperidine rings is 1. The Morgan fingerprint density at radius 3 is 2.71 bits per heavy atom. The SMILES string of the molecule is O=[N+]([O-])c1c(Nc2nccs2)ncnc1N1CCCCC1. The largest absolute Gasteiger partial charge is 0.353 e. The van der Waals surface area contributed by atoms with Crippen molar-refractivity contribution in [2.45, 2.75) is 19.3 Å². The van der Waals surface area contributed by atoms with E-state index in [1.807, 2.05) is 4.90 Å². The number of aromatic nitrogens is 3. The molecule has 1 aliphatic rings. The van der Waals surface area contributed by atoms with E-state index in [0.717, 1.165) is 32.4 Å². The van der Waals surface area contributed by atoms with Crippen LogP contribution in [0.4, 0.5) is 22.5 Å². The molecule has 2 aromatic heterocycles. The minimum absolute atomic E-state index is 0.0883. The number of thiazole rings is 1. The first-order valence-corrected chi connectivity index (χ1v) is 7.54. The normalized spacial score (nSPS) is 15.0. The van der Waals surface area contributed by atoms with Gasteiger partial charge in [0.15, 0.2) is 5.13 Å². The van der Waals surface area contributed by atoms with Gasteiger partial charge in [-0.1, -0.05) is 0 Å². The average Bonchev–Trinajstić information content (AvgIpc) is 3.00. The average molecular weight is 306 g/mol. The molecule has 0 aromatic carbocycles. The molecule has 9 heteroatoms. The van der Waals surface area contributed by atoms with E-state index in [0.29, 0.717) is 10.9 Å². The maximum Gasteiger partial charge on any atom is 0.353 e. The lowest BCUT2D eigenvalue weighted by Gasteiger charge is -2.27. The number of hydrogen-bond donors (Lipinski definition) is 1. The second-order valence-corrected chi connectivity index (χ2v) is 5.56. The number of hydrogen-bond acceptors (Lipinski definition) is 8. The molecule has 21 heavy (non-hydrogen) atoms. The van der Waals surface area contributed by atoms with Gasteiger partial charge in [0.05, 0.1) is 4.92 Å². The predicted octanol–water partition coefficient (Wildman–Crippen LogP) is 2.58. The van der Waals surface area contributed by atoms with E-state index in [2.05, 4.69) is 20.3 Å². The van der Waals surface area contributed by atoms with Gasteiger partial charge in [-0.2, -0.15) is 0 Å². The monoisotopic (exact) mass is 306 g/mol. The number of nitrogens with zero attached hydrogens (tertiary/aromatic N) is 5. The molecule has 1 saturated heterocycles. The second kappa shape index (κ2) is 6.00. The van der Waals surface area contributed by atoms with Crippen molar-refractivity contribution < 1.29 is 4.92 Å². The van der Waals surface area contributed by atoms with Crippen LogP contribution in [-0.2, 0) is 0 Å². The van der Waals surface area contributed by atoms with Gasteiger partial charge in [0.2, 0.25) is 11.6 Å². The minimum atomic E-state index is -0.431. The Bertz CT molecular complexity index is 627. The third kappa shape index (κ3) is 2.92. The van der Waals surface area contributed by atoms with Gasteiger partial charge in [0, 0.05) is 24.7 Å². The first-order valence-electron chi connectivity index (χ1n) is 6.66. The first kappa shape index (κ1) is 13.7. The van der Waals surface area contributed by atoms with Gasteiger partial charge < -0.3 is 10.2 Å². The van der Waals surface area contributed by atoms with E-state index in [1.54, 1.807) is 11.6 Å². The Hall–Kier alpha value is -2.29. The zero-order chi connectivity index (χ0) is 14.7. The van der Waals surface area contributed by atoms with Crippen LogP contribution in [0.25, 0.3) is 0 Å². The lowest BCUT2D eigenvalue weighted by molar-refractivity contribution is -0.383. The molecular weight excluding hydrogens is 292 g/mol. The smallest absolute Gasteiger partial charge is 0.351 e. The van der Waals surface area contributed by atoms with Crippen LogP contribution in [-0.4, -0.2) is 33.0 Å². The molecule has 0 unspecified atom stereocenters. The maximum atomic E-state index is 11.5. The summed E-state index contributed by atoms with van der Waals surface area (Å²) in [6.07, 6.45) is 6.19. The summed E-state index contributed by atoms with van der Waals surface area (Å²) in [5.41, 5.74) is -0.0883. The summed E-state index contributed by atoms with van der Waals surface area (Å²) >= 11 is 1.36. The zero-order valence-electron chi connectivity index (χ0n) is 11.2. The van der Waals surface area contributed by atoms with Gasteiger partial charge in [-0.15, -0.1) is 11.3 Å². The van der Waals surface area contributed by atoms with Gasteiger partial charge in [-0.25, -0.2) is 15.0 Å². The fraction of sp³-hybridized carbons (Fsp3) is 0.417. The Morgan fingerprint density at radius 1 is 1.24 bits per heavy atom. The van der Waals surface area contributed by atoms with Crippen LogP contribution in [0.2, 0.25) is 0 Å². The molecule has 3 heterocycles. The van der Waals surface area contributed by atoms with Gasteiger partial charge >= 0.3 is 5.69 Å². The number of anilines is 3.